The van der Waals surface area contributed by atoms with Crippen molar-refractivity contribution < 1.29 is 19.0 Å². The first-order valence-corrected chi connectivity index (χ1v) is 6.21. The summed E-state index contributed by atoms with van der Waals surface area (Å²) in [5, 5.41) is 0. The lowest BCUT2D eigenvalue weighted by Gasteiger charge is -2.14. The molecular weight excluding hydrogens is 232 g/mol. The molecule has 0 aromatic heterocycles. The van der Waals surface area contributed by atoms with Gasteiger partial charge in [-0.25, -0.2) is 0 Å². The smallest absolute Gasteiger partial charge is 0.171 e. The molecule has 18 heavy (non-hydrogen) atoms. The Balaban J connectivity index is 1.96. The lowest BCUT2D eigenvalue weighted by atomic mass is 10.2. The summed E-state index contributed by atoms with van der Waals surface area (Å²) >= 11 is 0. The van der Waals surface area contributed by atoms with E-state index in [2.05, 4.69) is 0 Å². The first-order chi connectivity index (χ1) is 8.85. The van der Waals surface area contributed by atoms with Crippen molar-refractivity contribution in [3.8, 4) is 11.5 Å². The third-order valence-electron chi connectivity index (χ3n) is 3.07. The molecule has 1 aliphatic rings. The first-order valence-electron chi connectivity index (χ1n) is 6.21. The van der Waals surface area contributed by atoms with E-state index in [9.17, 15) is 4.79 Å². The summed E-state index contributed by atoms with van der Waals surface area (Å²) in [5.74, 6) is 1.11. The predicted octanol–water partition coefficient (Wildman–Crippen LogP) is 2.46. The Morgan fingerprint density at radius 2 is 2.39 bits per heavy atom. The minimum Gasteiger partial charge on any atom is -0.493 e. The van der Waals surface area contributed by atoms with Crippen LogP contribution in [0.3, 0.4) is 0 Å². The summed E-state index contributed by atoms with van der Waals surface area (Å²) in [6.45, 7) is 1.38. The average Bonchev–Trinajstić information content (AvgIpc) is 2.92. The van der Waals surface area contributed by atoms with Crippen LogP contribution in [0.15, 0.2) is 18.2 Å². The molecule has 0 amide bonds. The van der Waals surface area contributed by atoms with Gasteiger partial charge in [0.05, 0.1) is 25.4 Å². The van der Waals surface area contributed by atoms with Gasteiger partial charge < -0.3 is 14.2 Å². The van der Waals surface area contributed by atoms with Gasteiger partial charge in [-0.3, -0.25) is 4.79 Å². The van der Waals surface area contributed by atoms with Gasteiger partial charge in [0.2, 0.25) is 0 Å². The molecule has 1 fully saturated rings. The zero-order valence-corrected chi connectivity index (χ0v) is 10.6. The molecule has 4 nitrogen and oxygen atoms in total. The van der Waals surface area contributed by atoms with E-state index in [4.69, 9.17) is 14.2 Å². The van der Waals surface area contributed by atoms with Gasteiger partial charge in [0.1, 0.15) is 0 Å². The van der Waals surface area contributed by atoms with Crippen LogP contribution in [-0.2, 0) is 4.74 Å². The molecule has 1 atom stereocenters. The minimum absolute atomic E-state index is 0.291. The molecule has 1 saturated heterocycles. The Hall–Kier alpha value is -1.55. The number of rotatable bonds is 6. The van der Waals surface area contributed by atoms with E-state index in [0.29, 0.717) is 29.8 Å². The van der Waals surface area contributed by atoms with Gasteiger partial charge in [0.25, 0.3) is 0 Å². The molecule has 1 heterocycles. The summed E-state index contributed by atoms with van der Waals surface area (Å²) in [5.41, 5.74) is 0.515. The lowest BCUT2D eigenvalue weighted by molar-refractivity contribution is 0.0896. The normalized spacial score (nSPS) is 18.6. The molecule has 1 unspecified atom stereocenters. The molecule has 4 heteroatoms. The summed E-state index contributed by atoms with van der Waals surface area (Å²) in [7, 11) is 1.57. The minimum atomic E-state index is 0.291. The van der Waals surface area contributed by atoms with Gasteiger partial charge in [-0.05, 0) is 25.0 Å². The Morgan fingerprint density at radius 1 is 1.50 bits per heavy atom. The number of para-hydroxylation sites is 1. The molecule has 0 spiro atoms. The maximum atomic E-state index is 11.0. The summed E-state index contributed by atoms with van der Waals surface area (Å²) in [6.07, 6.45) is 4.13. The van der Waals surface area contributed by atoms with Crippen LogP contribution < -0.4 is 9.47 Å². The number of carbonyl (C=O) groups is 1. The first kappa shape index (κ1) is 12.9. The second-order valence-corrected chi connectivity index (χ2v) is 4.27. The molecule has 0 bridgehead atoms. The molecule has 1 aliphatic heterocycles. The monoisotopic (exact) mass is 250 g/mol. The number of methoxy groups -OCH3 is 1. The van der Waals surface area contributed by atoms with Crippen LogP contribution in [0, 0.1) is 0 Å². The summed E-state index contributed by atoms with van der Waals surface area (Å²) in [6, 6.07) is 5.28. The van der Waals surface area contributed by atoms with Gasteiger partial charge in [0.15, 0.2) is 17.8 Å². The van der Waals surface area contributed by atoms with Gasteiger partial charge in [-0.15, -0.1) is 0 Å². The Bertz CT molecular complexity index is 397. The maximum absolute atomic E-state index is 11.0. The van der Waals surface area contributed by atoms with Crippen LogP contribution in [0.5, 0.6) is 11.5 Å². The third kappa shape index (κ3) is 3.01. The largest absolute Gasteiger partial charge is 0.493 e. The fourth-order valence-corrected chi connectivity index (χ4v) is 2.11. The van der Waals surface area contributed by atoms with E-state index < -0.39 is 0 Å². The van der Waals surface area contributed by atoms with Crippen LogP contribution in [0.25, 0.3) is 0 Å². The van der Waals surface area contributed by atoms with E-state index in [1.165, 1.54) is 0 Å². The fourth-order valence-electron chi connectivity index (χ4n) is 2.11. The standard InChI is InChI=1S/C14H18O4/c1-16-13-6-2-4-11(10-15)14(13)18-9-7-12-5-3-8-17-12/h2,4,6,10,12H,3,5,7-9H2,1H3. The number of hydrogen-bond acceptors (Lipinski definition) is 4. The molecule has 1 aromatic carbocycles. The van der Waals surface area contributed by atoms with Crippen LogP contribution >= 0.6 is 0 Å². The molecule has 2 rings (SSSR count). The van der Waals surface area contributed by atoms with E-state index in [-0.39, 0.29) is 0 Å². The highest BCUT2D eigenvalue weighted by Gasteiger charge is 2.16. The van der Waals surface area contributed by atoms with Crippen molar-refractivity contribution in [2.24, 2.45) is 0 Å². The van der Waals surface area contributed by atoms with Crippen molar-refractivity contribution in [2.45, 2.75) is 25.4 Å². The topological polar surface area (TPSA) is 44.8 Å². The van der Waals surface area contributed by atoms with E-state index in [1.54, 1.807) is 25.3 Å². The average molecular weight is 250 g/mol. The fraction of sp³-hybridized carbons (Fsp3) is 0.500. The van der Waals surface area contributed by atoms with Crippen molar-refractivity contribution in [1.82, 2.24) is 0 Å². The van der Waals surface area contributed by atoms with Gasteiger partial charge in [-0.1, -0.05) is 6.07 Å². The second-order valence-electron chi connectivity index (χ2n) is 4.27. The zero-order valence-electron chi connectivity index (χ0n) is 10.6. The predicted molar refractivity (Wildman–Crippen MR) is 67.5 cm³/mol. The van der Waals surface area contributed by atoms with Crippen LogP contribution in [-0.4, -0.2) is 32.7 Å². The molecule has 1 aromatic rings. The van der Waals surface area contributed by atoms with Crippen molar-refractivity contribution >= 4 is 6.29 Å². The Labute approximate surface area is 107 Å². The SMILES string of the molecule is COc1cccc(C=O)c1OCCC1CCCO1. The van der Waals surface area contributed by atoms with Gasteiger partial charge >= 0.3 is 0 Å². The number of aldehydes is 1. The van der Waals surface area contributed by atoms with Gasteiger partial charge in [0, 0.05) is 13.0 Å². The summed E-state index contributed by atoms with van der Waals surface area (Å²) < 4.78 is 16.4. The highest BCUT2D eigenvalue weighted by atomic mass is 16.5. The third-order valence-corrected chi connectivity index (χ3v) is 3.07. The van der Waals surface area contributed by atoms with Crippen molar-refractivity contribution in [2.75, 3.05) is 20.3 Å². The quantitative estimate of drug-likeness (QED) is 0.727. The molecule has 0 aliphatic carbocycles. The van der Waals surface area contributed by atoms with Crippen LogP contribution in [0.4, 0.5) is 0 Å². The number of carbonyl (C=O) groups excluding carboxylic acids is 1. The van der Waals surface area contributed by atoms with Gasteiger partial charge in [-0.2, -0.15) is 0 Å². The number of ether oxygens (including phenoxy) is 3. The van der Waals surface area contributed by atoms with Crippen molar-refractivity contribution in [3.63, 3.8) is 0 Å². The maximum Gasteiger partial charge on any atom is 0.171 e. The lowest BCUT2D eigenvalue weighted by Crippen LogP contribution is -2.11. The molecule has 0 radical (unpaired) electrons. The van der Waals surface area contributed by atoms with Crippen LogP contribution in [0.2, 0.25) is 0 Å². The zero-order chi connectivity index (χ0) is 12.8. The Morgan fingerprint density at radius 3 is 3.06 bits per heavy atom. The highest BCUT2D eigenvalue weighted by molar-refractivity contribution is 5.81. The van der Waals surface area contributed by atoms with Crippen LogP contribution in [0.1, 0.15) is 29.6 Å². The number of hydrogen-bond donors (Lipinski definition) is 0. The van der Waals surface area contributed by atoms with E-state index >= 15 is 0 Å². The molecule has 0 N–H and O–H groups in total. The number of benzene rings is 1. The summed E-state index contributed by atoms with van der Waals surface area (Å²) in [4.78, 5) is 11.0. The molecular formula is C14H18O4. The molecule has 0 saturated carbocycles. The van der Waals surface area contributed by atoms with E-state index in [1.807, 2.05) is 0 Å². The van der Waals surface area contributed by atoms with E-state index in [0.717, 1.165) is 32.2 Å². The highest BCUT2D eigenvalue weighted by Crippen LogP contribution is 2.30. The Kier molecular flexibility index (Phi) is 4.59. The second kappa shape index (κ2) is 6.40. The molecule has 98 valence electrons. The van der Waals surface area contributed by atoms with Crippen molar-refractivity contribution in [3.05, 3.63) is 23.8 Å². The van der Waals surface area contributed by atoms with Crippen molar-refractivity contribution in [1.29, 1.82) is 0 Å².